The Morgan fingerprint density at radius 1 is 1.31 bits per heavy atom. The highest BCUT2D eigenvalue weighted by atomic mass is 32.1. The largest absolute Gasteiger partial charge is 0.494 e. The first-order chi connectivity index (χ1) is 7.45. The van der Waals surface area contributed by atoms with Crippen LogP contribution in [0.3, 0.4) is 0 Å². The van der Waals surface area contributed by atoms with Gasteiger partial charge in [0, 0.05) is 5.54 Å². The average Bonchev–Trinajstić information content (AvgIpc) is 2.52. The summed E-state index contributed by atoms with van der Waals surface area (Å²) in [6.07, 6.45) is 0. The van der Waals surface area contributed by atoms with Crippen molar-refractivity contribution in [1.82, 2.24) is 9.55 Å². The van der Waals surface area contributed by atoms with Crippen molar-refractivity contribution in [2.24, 2.45) is 0 Å². The topological polar surface area (TPSA) is 29.9 Å². The van der Waals surface area contributed by atoms with Crippen LogP contribution in [0.4, 0.5) is 0 Å². The number of aromatic nitrogens is 2. The zero-order valence-electron chi connectivity index (χ0n) is 10.00. The van der Waals surface area contributed by atoms with Crippen molar-refractivity contribution in [2.75, 3.05) is 7.11 Å². The average molecular weight is 236 g/mol. The molecule has 0 aliphatic heterocycles. The van der Waals surface area contributed by atoms with Crippen molar-refractivity contribution in [3.8, 4) is 5.75 Å². The minimum Gasteiger partial charge on any atom is -0.494 e. The molecule has 2 rings (SSSR count). The van der Waals surface area contributed by atoms with Gasteiger partial charge in [0.05, 0.1) is 12.6 Å². The van der Waals surface area contributed by atoms with Crippen LogP contribution in [0, 0.1) is 4.77 Å². The van der Waals surface area contributed by atoms with Crippen LogP contribution in [0.2, 0.25) is 0 Å². The smallest absolute Gasteiger partial charge is 0.178 e. The molecular formula is C12H16N2OS. The minimum absolute atomic E-state index is 0.0400. The van der Waals surface area contributed by atoms with Gasteiger partial charge in [0.2, 0.25) is 0 Å². The molecule has 1 heterocycles. The standard InChI is InChI=1S/C12H16N2OS/c1-12(2,3)14-8-6-5-7-9(15-4)10(8)13-11(14)16/h5-7H,1-4H3,(H,13,16). The molecule has 1 N–H and O–H groups in total. The van der Waals surface area contributed by atoms with Gasteiger partial charge >= 0.3 is 0 Å². The van der Waals surface area contributed by atoms with Crippen molar-refractivity contribution in [3.05, 3.63) is 23.0 Å². The first-order valence-corrected chi connectivity index (χ1v) is 5.64. The Labute approximate surface area is 100 Å². The van der Waals surface area contributed by atoms with E-state index in [0.717, 1.165) is 21.6 Å². The number of benzene rings is 1. The van der Waals surface area contributed by atoms with E-state index >= 15 is 0 Å². The number of fused-ring (bicyclic) bond motifs is 1. The van der Waals surface area contributed by atoms with E-state index in [2.05, 4.69) is 36.4 Å². The highest BCUT2D eigenvalue weighted by Gasteiger charge is 2.18. The number of nitrogens with one attached hydrogen (secondary N) is 1. The van der Waals surface area contributed by atoms with Gasteiger partial charge in [-0.3, -0.25) is 0 Å². The minimum atomic E-state index is -0.0400. The molecule has 0 aliphatic rings. The summed E-state index contributed by atoms with van der Waals surface area (Å²) < 4.78 is 8.16. The molecule has 3 nitrogen and oxygen atoms in total. The zero-order valence-corrected chi connectivity index (χ0v) is 10.8. The van der Waals surface area contributed by atoms with E-state index in [1.807, 2.05) is 12.1 Å². The van der Waals surface area contributed by atoms with E-state index in [9.17, 15) is 0 Å². The maximum Gasteiger partial charge on any atom is 0.178 e. The first kappa shape index (κ1) is 11.2. The van der Waals surface area contributed by atoms with E-state index in [1.54, 1.807) is 7.11 Å². The molecule has 0 atom stereocenters. The van der Waals surface area contributed by atoms with Crippen LogP contribution in [0.5, 0.6) is 5.75 Å². The lowest BCUT2D eigenvalue weighted by atomic mass is 10.1. The van der Waals surface area contributed by atoms with E-state index in [0.29, 0.717) is 0 Å². The summed E-state index contributed by atoms with van der Waals surface area (Å²) in [5.41, 5.74) is 2.00. The quantitative estimate of drug-likeness (QED) is 0.768. The van der Waals surface area contributed by atoms with Crippen LogP contribution in [-0.4, -0.2) is 16.7 Å². The number of imidazole rings is 1. The Balaban J connectivity index is 2.87. The van der Waals surface area contributed by atoms with E-state index in [4.69, 9.17) is 17.0 Å². The molecule has 0 amide bonds. The zero-order chi connectivity index (χ0) is 11.9. The summed E-state index contributed by atoms with van der Waals surface area (Å²) in [6, 6.07) is 5.96. The lowest BCUT2D eigenvalue weighted by Crippen LogP contribution is -2.21. The van der Waals surface area contributed by atoms with Crippen molar-refractivity contribution in [1.29, 1.82) is 0 Å². The van der Waals surface area contributed by atoms with E-state index < -0.39 is 0 Å². The summed E-state index contributed by atoms with van der Waals surface area (Å²) >= 11 is 5.36. The summed E-state index contributed by atoms with van der Waals surface area (Å²) in [5.74, 6) is 0.826. The Hall–Kier alpha value is -1.29. The summed E-state index contributed by atoms with van der Waals surface area (Å²) in [6.45, 7) is 6.40. The van der Waals surface area contributed by atoms with Gasteiger partial charge in [-0.05, 0) is 45.1 Å². The molecule has 1 aromatic heterocycles. The molecule has 0 fully saturated rings. The SMILES string of the molecule is COc1cccc2c1[nH]c(=S)n2C(C)(C)C. The molecule has 16 heavy (non-hydrogen) atoms. The van der Waals surface area contributed by atoms with E-state index in [1.165, 1.54) is 0 Å². The predicted molar refractivity (Wildman–Crippen MR) is 68.7 cm³/mol. The number of para-hydroxylation sites is 1. The molecule has 0 radical (unpaired) electrons. The Morgan fingerprint density at radius 2 is 2.00 bits per heavy atom. The van der Waals surface area contributed by atoms with E-state index in [-0.39, 0.29) is 5.54 Å². The van der Waals surface area contributed by atoms with Crippen LogP contribution in [0.25, 0.3) is 11.0 Å². The van der Waals surface area contributed by atoms with Gasteiger partial charge in [-0.25, -0.2) is 0 Å². The highest BCUT2D eigenvalue weighted by molar-refractivity contribution is 7.71. The molecule has 86 valence electrons. The number of hydrogen-bond donors (Lipinski definition) is 1. The predicted octanol–water partition coefficient (Wildman–Crippen LogP) is 3.46. The van der Waals surface area contributed by atoms with Crippen LogP contribution >= 0.6 is 12.2 Å². The monoisotopic (exact) mass is 236 g/mol. The molecular weight excluding hydrogens is 220 g/mol. The fourth-order valence-electron chi connectivity index (χ4n) is 1.94. The summed E-state index contributed by atoms with van der Waals surface area (Å²) in [7, 11) is 1.67. The molecule has 0 spiro atoms. The lowest BCUT2D eigenvalue weighted by Gasteiger charge is -2.21. The molecule has 0 bridgehead atoms. The number of ether oxygens (including phenoxy) is 1. The van der Waals surface area contributed by atoms with Gasteiger partial charge in [-0.15, -0.1) is 0 Å². The van der Waals surface area contributed by atoms with Gasteiger partial charge in [0.25, 0.3) is 0 Å². The number of aromatic amines is 1. The van der Waals surface area contributed by atoms with Crippen molar-refractivity contribution >= 4 is 23.3 Å². The fourth-order valence-corrected chi connectivity index (χ4v) is 2.41. The molecule has 0 saturated heterocycles. The fraction of sp³-hybridized carbons (Fsp3) is 0.417. The van der Waals surface area contributed by atoms with Gasteiger partial charge in [0.15, 0.2) is 4.77 Å². The van der Waals surface area contributed by atoms with Crippen LogP contribution in [-0.2, 0) is 5.54 Å². The maximum absolute atomic E-state index is 5.36. The van der Waals surface area contributed by atoms with Gasteiger partial charge in [0.1, 0.15) is 11.3 Å². The third-order valence-electron chi connectivity index (χ3n) is 2.57. The van der Waals surface area contributed by atoms with Crippen molar-refractivity contribution < 1.29 is 4.74 Å². The molecule has 2 aromatic rings. The van der Waals surface area contributed by atoms with Gasteiger partial charge in [-0.1, -0.05) is 6.07 Å². The van der Waals surface area contributed by atoms with Crippen molar-refractivity contribution in [3.63, 3.8) is 0 Å². The molecule has 0 unspecified atom stereocenters. The van der Waals surface area contributed by atoms with Crippen LogP contribution in [0.15, 0.2) is 18.2 Å². The second-order valence-corrected chi connectivity index (χ2v) is 5.18. The Bertz CT molecular complexity index is 575. The molecule has 1 aromatic carbocycles. The van der Waals surface area contributed by atoms with Crippen LogP contribution in [0.1, 0.15) is 20.8 Å². The summed E-state index contributed by atoms with van der Waals surface area (Å²) in [5, 5.41) is 0. The molecule has 0 aliphatic carbocycles. The maximum atomic E-state index is 5.36. The normalized spacial score (nSPS) is 12.0. The second-order valence-electron chi connectivity index (χ2n) is 4.79. The molecule has 4 heteroatoms. The number of nitrogens with zero attached hydrogens (tertiary/aromatic N) is 1. The van der Waals surface area contributed by atoms with Gasteiger partial charge < -0.3 is 14.3 Å². The highest BCUT2D eigenvalue weighted by Crippen LogP contribution is 2.28. The number of methoxy groups -OCH3 is 1. The number of H-pyrrole nitrogens is 1. The second kappa shape index (κ2) is 3.63. The van der Waals surface area contributed by atoms with Gasteiger partial charge in [-0.2, -0.15) is 0 Å². The lowest BCUT2D eigenvalue weighted by molar-refractivity contribution is 0.403. The third kappa shape index (κ3) is 1.63. The third-order valence-corrected chi connectivity index (χ3v) is 2.86. The Kier molecular flexibility index (Phi) is 2.54. The Morgan fingerprint density at radius 3 is 2.56 bits per heavy atom. The van der Waals surface area contributed by atoms with Crippen LogP contribution < -0.4 is 4.74 Å². The number of rotatable bonds is 1. The molecule has 0 saturated carbocycles. The number of hydrogen-bond acceptors (Lipinski definition) is 2. The summed E-state index contributed by atoms with van der Waals surface area (Å²) in [4.78, 5) is 3.21. The van der Waals surface area contributed by atoms with Crippen molar-refractivity contribution in [2.45, 2.75) is 26.3 Å². The first-order valence-electron chi connectivity index (χ1n) is 5.23.